The molecule has 6 nitrogen and oxygen atoms in total. The Morgan fingerprint density at radius 3 is 1.25 bits per heavy atom. The van der Waals surface area contributed by atoms with Crippen molar-refractivity contribution in [2.24, 2.45) is 0 Å². The van der Waals surface area contributed by atoms with E-state index < -0.39 is 12.1 Å². The molecule has 0 aliphatic heterocycles. The molecule has 6 heteroatoms. The van der Waals surface area contributed by atoms with Crippen LogP contribution < -0.4 is 0 Å². The summed E-state index contributed by atoms with van der Waals surface area (Å²) in [6.45, 7) is 4.80. The lowest BCUT2D eigenvalue weighted by molar-refractivity contribution is 0.0707. The quantitative estimate of drug-likeness (QED) is 0.362. The molecule has 0 fully saturated rings. The van der Waals surface area contributed by atoms with Crippen molar-refractivity contribution in [3.8, 4) is 12.1 Å². The van der Waals surface area contributed by atoms with Gasteiger partial charge in [-0.25, -0.2) is 0 Å². The van der Waals surface area contributed by atoms with Crippen molar-refractivity contribution in [3.63, 3.8) is 0 Å². The van der Waals surface area contributed by atoms with Crippen LogP contribution in [0, 0.1) is 22.7 Å². The number of nitrogens with zero attached hydrogens (tertiary/aromatic N) is 4. The van der Waals surface area contributed by atoms with E-state index in [0.717, 1.165) is 0 Å². The Morgan fingerprint density at radius 1 is 0.639 bits per heavy atom. The second-order valence-electron chi connectivity index (χ2n) is 8.46. The van der Waals surface area contributed by atoms with Crippen molar-refractivity contribution in [3.05, 3.63) is 107 Å². The summed E-state index contributed by atoms with van der Waals surface area (Å²) in [6.07, 6.45) is 1.41. The zero-order valence-electron chi connectivity index (χ0n) is 20.7. The summed E-state index contributed by atoms with van der Waals surface area (Å²) in [5, 5.41) is 20.0. The first-order valence-electron chi connectivity index (χ1n) is 12.2. The van der Waals surface area contributed by atoms with Gasteiger partial charge in [-0.3, -0.25) is 9.59 Å². The Labute approximate surface area is 213 Å². The van der Waals surface area contributed by atoms with Gasteiger partial charge in [0.25, 0.3) is 11.8 Å². The van der Waals surface area contributed by atoms with Gasteiger partial charge in [-0.2, -0.15) is 10.5 Å². The van der Waals surface area contributed by atoms with Crippen molar-refractivity contribution in [2.45, 2.75) is 38.8 Å². The van der Waals surface area contributed by atoms with Crippen LogP contribution in [0.25, 0.3) is 0 Å². The zero-order valence-corrected chi connectivity index (χ0v) is 20.7. The Hall–Kier alpha value is -4.42. The van der Waals surface area contributed by atoms with E-state index in [2.05, 4.69) is 12.1 Å². The molecule has 0 bridgehead atoms. The van der Waals surface area contributed by atoms with Gasteiger partial charge in [0.2, 0.25) is 0 Å². The highest BCUT2D eigenvalue weighted by Gasteiger charge is 2.28. The molecule has 182 valence electrons. The van der Waals surface area contributed by atoms with E-state index >= 15 is 0 Å². The van der Waals surface area contributed by atoms with Crippen LogP contribution in [0.5, 0.6) is 0 Å². The minimum atomic E-state index is -0.773. The summed E-state index contributed by atoms with van der Waals surface area (Å²) >= 11 is 0. The van der Waals surface area contributed by atoms with Gasteiger partial charge in [-0.1, -0.05) is 74.5 Å². The van der Waals surface area contributed by atoms with Crippen molar-refractivity contribution < 1.29 is 9.59 Å². The van der Waals surface area contributed by atoms with Crippen LogP contribution in [0.4, 0.5) is 0 Å². The van der Waals surface area contributed by atoms with E-state index in [9.17, 15) is 20.1 Å². The Morgan fingerprint density at radius 2 is 0.972 bits per heavy atom. The molecule has 0 saturated carbocycles. The van der Waals surface area contributed by atoms with Crippen molar-refractivity contribution in [1.82, 2.24) is 9.80 Å². The SMILES string of the molecule is CCCN(C(=O)c1ccccc1)[C@@H](C#N)c1ccc([C@H](C#N)N(CCC)C(=O)c2ccccc2)cc1. The fourth-order valence-corrected chi connectivity index (χ4v) is 4.18. The Kier molecular flexibility index (Phi) is 9.37. The summed E-state index contributed by atoms with van der Waals surface area (Å²) in [5.41, 5.74) is 2.38. The Balaban J connectivity index is 1.90. The summed E-state index contributed by atoms with van der Waals surface area (Å²) in [7, 11) is 0. The first kappa shape index (κ1) is 26.2. The van der Waals surface area contributed by atoms with Gasteiger partial charge in [0, 0.05) is 24.2 Å². The third kappa shape index (κ3) is 5.98. The van der Waals surface area contributed by atoms with Gasteiger partial charge in [0.05, 0.1) is 12.1 Å². The molecule has 3 aromatic carbocycles. The lowest BCUT2D eigenvalue weighted by Crippen LogP contribution is -2.35. The third-order valence-electron chi connectivity index (χ3n) is 5.93. The predicted octanol–water partition coefficient (Wildman–Crippen LogP) is 5.92. The highest BCUT2D eigenvalue weighted by atomic mass is 16.2. The standard InChI is InChI=1S/C30H30N4O2/c1-3-19-33(29(35)25-11-7-5-8-12-25)27(21-31)23-15-17-24(18-16-23)28(22-32)34(20-4-2)30(36)26-13-9-6-10-14-26/h5-18,27-28H,3-4,19-20H2,1-2H3/t27-,28-/m0/s1. The van der Waals surface area contributed by atoms with E-state index in [-0.39, 0.29) is 11.8 Å². The second-order valence-corrected chi connectivity index (χ2v) is 8.46. The normalized spacial score (nSPS) is 12.0. The molecule has 0 N–H and O–H groups in total. The lowest BCUT2D eigenvalue weighted by Gasteiger charge is -2.29. The molecule has 0 spiro atoms. The molecule has 0 aromatic heterocycles. The van der Waals surface area contributed by atoms with Gasteiger partial charge in [0.15, 0.2) is 0 Å². The molecule has 0 radical (unpaired) electrons. The van der Waals surface area contributed by atoms with Gasteiger partial charge in [-0.05, 0) is 48.2 Å². The predicted molar refractivity (Wildman–Crippen MR) is 139 cm³/mol. The fourth-order valence-electron chi connectivity index (χ4n) is 4.18. The average Bonchev–Trinajstić information content (AvgIpc) is 2.93. The van der Waals surface area contributed by atoms with Crippen LogP contribution in [0.2, 0.25) is 0 Å². The molecule has 0 aliphatic carbocycles. The third-order valence-corrected chi connectivity index (χ3v) is 5.93. The van der Waals surface area contributed by atoms with Crippen LogP contribution in [0.1, 0.15) is 70.6 Å². The van der Waals surface area contributed by atoms with Crippen LogP contribution in [-0.2, 0) is 0 Å². The van der Waals surface area contributed by atoms with Crippen LogP contribution in [0.15, 0.2) is 84.9 Å². The van der Waals surface area contributed by atoms with E-state index in [0.29, 0.717) is 48.2 Å². The van der Waals surface area contributed by atoms with Gasteiger partial charge < -0.3 is 9.80 Å². The van der Waals surface area contributed by atoms with Gasteiger partial charge >= 0.3 is 0 Å². The van der Waals surface area contributed by atoms with Crippen molar-refractivity contribution in [2.75, 3.05) is 13.1 Å². The number of rotatable bonds is 10. The molecule has 36 heavy (non-hydrogen) atoms. The topological polar surface area (TPSA) is 88.2 Å². The zero-order chi connectivity index (χ0) is 25.9. The molecule has 2 atom stereocenters. The van der Waals surface area contributed by atoms with E-state index in [1.165, 1.54) is 0 Å². The van der Waals surface area contributed by atoms with Crippen LogP contribution in [-0.4, -0.2) is 34.7 Å². The fraction of sp³-hybridized carbons (Fsp3) is 0.267. The maximum Gasteiger partial charge on any atom is 0.255 e. The summed E-state index contributed by atoms with van der Waals surface area (Å²) < 4.78 is 0. The number of hydrogen-bond acceptors (Lipinski definition) is 4. The van der Waals surface area contributed by atoms with Gasteiger partial charge in [-0.15, -0.1) is 0 Å². The summed E-state index contributed by atoms with van der Waals surface area (Å²) in [5.74, 6) is -0.406. The number of carbonyl (C=O) groups is 2. The molecule has 0 aliphatic rings. The second kappa shape index (κ2) is 12.9. The number of nitriles is 2. The van der Waals surface area contributed by atoms with E-state index in [4.69, 9.17) is 0 Å². The first-order chi connectivity index (χ1) is 17.5. The number of hydrogen-bond donors (Lipinski definition) is 0. The van der Waals surface area contributed by atoms with Gasteiger partial charge in [0.1, 0.15) is 12.1 Å². The highest BCUT2D eigenvalue weighted by molar-refractivity contribution is 5.95. The van der Waals surface area contributed by atoms with E-state index in [1.807, 2.05) is 26.0 Å². The first-order valence-corrected chi connectivity index (χ1v) is 12.2. The van der Waals surface area contributed by atoms with E-state index in [1.54, 1.807) is 82.6 Å². The van der Waals surface area contributed by atoms with Crippen LogP contribution >= 0.6 is 0 Å². The monoisotopic (exact) mass is 478 g/mol. The Bertz CT molecular complexity index is 1130. The molecule has 0 saturated heterocycles. The minimum Gasteiger partial charge on any atom is -0.319 e. The molecule has 3 aromatic rings. The molecular weight excluding hydrogens is 448 g/mol. The lowest BCUT2D eigenvalue weighted by atomic mass is 9.99. The average molecular weight is 479 g/mol. The largest absolute Gasteiger partial charge is 0.319 e. The molecule has 3 rings (SSSR count). The maximum atomic E-state index is 13.2. The smallest absolute Gasteiger partial charge is 0.255 e. The molecule has 0 unspecified atom stereocenters. The number of benzene rings is 3. The molecule has 0 heterocycles. The van der Waals surface area contributed by atoms with Crippen molar-refractivity contribution in [1.29, 1.82) is 10.5 Å². The minimum absolute atomic E-state index is 0.203. The summed E-state index contributed by atoms with van der Waals surface area (Å²) in [6, 6.07) is 27.9. The maximum absolute atomic E-state index is 13.2. The number of carbonyl (C=O) groups excluding carboxylic acids is 2. The van der Waals surface area contributed by atoms with Crippen molar-refractivity contribution >= 4 is 11.8 Å². The number of amides is 2. The molecular formula is C30H30N4O2. The summed E-state index contributed by atoms with van der Waals surface area (Å²) in [4.78, 5) is 29.5. The molecule has 2 amide bonds. The highest BCUT2D eigenvalue weighted by Crippen LogP contribution is 2.27. The van der Waals surface area contributed by atoms with Crippen LogP contribution in [0.3, 0.4) is 0 Å².